The van der Waals surface area contributed by atoms with Gasteiger partial charge in [-0.05, 0) is 63.9 Å². The summed E-state index contributed by atoms with van der Waals surface area (Å²) in [5.41, 5.74) is 6.41. The van der Waals surface area contributed by atoms with Gasteiger partial charge in [0.1, 0.15) is 0 Å². The summed E-state index contributed by atoms with van der Waals surface area (Å²) in [6, 6.07) is 26.0. The maximum atomic E-state index is 2.37. The zero-order chi connectivity index (χ0) is 13.9. The first-order valence-corrected chi connectivity index (χ1v) is 7.74. The summed E-state index contributed by atoms with van der Waals surface area (Å²) < 4.78 is 1.26. The second kappa shape index (κ2) is 5.80. The first kappa shape index (κ1) is 13.4. The lowest BCUT2D eigenvalue weighted by molar-refractivity contribution is 1.46. The van der Waals surface area contributed by atoms with Crippen molar-refractivity contribution in [1.29, 1.82) is 0 Å². The molecule has 0 radical (unpaired) electrons. The van der Waals surface area contributed by atoms with E-state index < -0.39 is 0 Å². The molecule has 3 rings (SSSR count). The van der Waals surface area contributed by atoms with Crippen LogP contribution in [0.1, 0.15) is 5.56 Å². The minimum absolute atomic E-state index is 1.26. The number of halogens is 1. The standard InChI is InChI=1S/C19H15I/c1-14-7-9-16(10-8-14)19-13-17(20)11-12-18(19)15-5-3-2-4-6-15/h2-13H,1H3. The van der Waals surface area contributed by atoms with Gasteiger partial charge < -0.3 is 0 Å². The van der Waals surface area contributed by atoms with E-state index in [0.29, 0.717) is 0 Å². The molecular formula is C19H15I. The highest BCUT2D eigenvalue weighted by Crippen LogP contribution is 2.33. The fourth-order valence-electron chi connectivity index (χ4n) is 2.36. The molecular weight excluding hydrogens is 355 g/mol. The average Bonchev–Trinajstić information content (AvgIpc) is 2.49. The summed E-state index contributed by atoms with van der Waals surface area (Å²) in [5, 5.41) is 0. The van der Waals surface area contributed by atoms with Crippen LogP contribution in [0, 0.1) is 10.5 Å². The monoisotopic (exact) mass is 370 g/mol. The highest BCUT2D eigenvalue weighted by molar-refractivity contribution is 14.1. The Balaban J connectivity index is 2.19. The molecule has 0 aliphatic heterocycles. The van der Waals surface area contributed by atoms with Crippen LogP contribution in [0.3, 0.4) is 0 Å². The topological polar surface area (TPSA) is 0 Å². The lowest BCUT2D eigenvalue weighted by atomic mass is 9.94. The van der Waals surface area contributed by atoms with Crippen LogP contribution in [0.25, 0.3) is 22.3 Å². The molecule has 0 saturated heterocycles. The lowest BCUT2D eigenvalue weighted by Gasteiger charge is -2.11. The summed E-state index contributed by atoms with van der Waals surface area (Å²) >= 11 is 2.37. The van der Waals surface area contributed by atoms with Gasteiger partial charge in [-0.25, -0.2) is 0 Å². The van der Waals surface area contributed by atoms with Crippen LogP contribution in [0.15, 0.2) is 72.8 Å². The van der Waals surface area contributed by atoms with E-state index in [-0.39, 0.29) is 0 Å². The highest BCUT2D eigenvalue weighted by Gasteiger charge is 2.07. The largest absolute Gasteiger partial charge is 0.0622 e. The summed E-state index contributed by atoms with van der Waals surface area (Å²) in [5.74, 6) is 0. The Bertz CT molecular complexity index is 713. The number of aryl methyl sites for hydroxylation is 1. The molecule has 0 aliphatic rings. The van der Waals surface area contributed by atoms with Crippen molar-refractivity contribution in [3.05, 3.63) is 81.9 Å². The number of hydrogen-bond donors (Lipinski definition) is 0. The van der Waals surface area contributed by atoms with E-state index in [4.69, 9.17) is 0 Å². The fraction of sp³-hybridized carbons (Fsp3) is 0.0526. The molecule has 98 valence electrons. The molecule has 0 aromatic heterocycles. The van der Waals surface area contributed by atoms with Crippen LogP contribution in [-0.2, 0) is 0 Å². The Hall–Kier alpha value is -1.61. The smallest absolute Gasteiger partial charge is 0.0136 e. The summed E-state index contributed by atoms with van der Waals surface area (Å²) in [6.45, 7) is 2.12. The molecule has 0 nitrogen and oxygen atoms in total. The van der Waals surface area contributed by atoms with Crippen LogP contribution < -0.4 is 0 Å². The molecule has 0 N–H and O–H groups in total. The van der Waals surface area contributed by atoms with E-state index in [1.54, 1.807) is 0 Å². The third-order valence-corrected chi connectivity index (χ3v) is 4.10. The molecule has 20 heavy (non-hydrogen) atoms. The van der Waals surface area contributed by atoms with Crippen molar-refractivity contribution >= 4 is 22.6 Å². The normalized spacial score (nSPS) is 10.5. The zero-order valence-corrected chi connectivity index (χ0v) is 13.5. The average molecular weight is 370 g/mol. The van der Waals surface area contributed by atoms with Gasteiger partial charge in [-0.1, -0.05) is 66.2 Å². The van der Waals surface area contributed by atoms with Gasteiger partial charge in [0.05, 0.1) is 0 Å². The molecule has 0 heterocycles. The van der Waals surface area contributed by atoms with Gasteiger partial charge in [0.25, 0.3) is 0 Å². The molecule has 0 spiro atoms. The Kier molecular flexibility index (Phi) is 3.88. The van der Waals surface area contributed by atoms with Gasteiger partial charge in [-0.2, -0.15) is 0 Å². The maximum absolute atomic E-state index is 2.37. The molecule has 3 aromatic carbocycles. The third kappa shape index (κ3) is 2.78. The van der Waals surface area contributed by atoms with E-state index in [9.17, 15) is 0 Å². The summed E-state index contributed by atoms with van der Waals surface area (Å²) in [6.07, 6.45) is 0. The molecule has 3 aromatic rings. The van der Waals surface area contributed by atoms with Crippen molar-refractivity contribution in [2.75, 3.05) is 0 Å². The van der Waals surface area contributed by atoms with Gasteiger partial charge in [-0.15, -0.1) is 0 Å². The van der Waals surface area contributed by atoms with Crippen molar-refractivity contribution in [2.45, 2.75) is 6.92 Å². The zero-order valence-electron chi connectivity index (χ0n) is 11.3. The predicted molar refractivity (Wildman–Crippen MR) is 94.8 cm³/mol. The van der Waals surface area contributed by atoms with E-state index in [2.05, 4.69) is 102 Å². The molecule has 1 heteroatoms. The van der Waals surface area contributed by atoms with E-state index in [0.717, 1.165) is 0 Å². The molecule has 0 atom stereocenters. The van der Waals surface area contributed by atoms with E-state index in [1.807, 2.05) is 0 Å². The van der Waals surface area contributed by atoms with Gasteiger partial charge in [0, 0.05) is 3.57 Å². The van der Waals surface area contributed by atoms with Crippen LogP contribution in [0.4, 0.5) is 0 Å². The van der Waals surface area contributed by atoms with Crippen molar-refractivity contribution in [2.24, 2.45) is 0 Å². The Morgan fingerprint density at radius 3 is 2.00 bits per heavy atom. The first-order chi connectivity index (χ1) is 9.74. The lowest BCUT2D eigenvalue weighted by Crippen LogP contribution is -1.87. The highest BCUT2D eigenvalue weighted by atomic mass is 127. The molecule has 0 aliphatic carbocycles. The number of rotatable bonds is 2. The van der Waals surface area contributed by atoms with Crippen molar-refractivity contribution in [3.63, 3.8) is 0 Å². The SMILES string of the molecule is Cc1ccc(-c2cc(I)ccc2-c2ccccc2)cc1. The fourth-order valence-corrected chi connectivity index (χ4v) is 2.85. The van der Waals surface area contributed by atoms with E-state index >= 15 is 0 Å². The van der Waals surface area contributed by atoms with Gasteiger partial charge in [0.2, 0.25) is 0 Å². The van der Waals surface area contributed by atoms with Crippen molar-refractivity contribution in [1.82, 2.24) is 0 Å². The van der Waals surface area contributed by atoms with Crippen molar-refractivity contribution < 1.29 is 0 Å². The van der Waals surface area contributed by atoms with Gasteiger partial charge >= 0.3 is 0 Å². The molecule has 0 fully saturated rings. The van der Waals surface area contributed by atoms with Gasteiger partial charge in [0.15, 0.2) is 0 Å². The van der Waals surface area contributed by atoms with Crippen LogP contribution in [0.2, 0.25) is 0 Å². The Labute approximate surface area is 133 Å². The predicted octanol–water partition coefficient (Wildman–Crippen LogP) is 5.93. The Morgan fingerprint density at radius 1 is 0.650 bits per heavy atom. The minimum atomic E-state index is 1.26. The van der Waals surface area contributed by atoms with Crippen LogP contribution in [-0.4, -0.2) is 0 Å². The van der Waals surface area contributed by atoms with Crippen LogP contribution >= 0.6 is 22.6 Å². The van der Waals surface area contributed by atoms with Crippen LogP contribution in [0.5, 0.6) is 0 Å². The maximum Gasteiger partial charge on any atom is 0.0136 e. The van der Waals surface area contributed by atoms with Crippen molar-refractivity contribution in [3.8, 4) is 22.3 Å². The Morgan fingerprint density at radius 2 is 1.30 bits per heavy atom. The number of hydrogen-bond acceptors (Lipinski definition) is 0. The molecule has 0 bridgehead atoms. The second-order valence-electron chi connectivity index (χ2n) is 4.92. The molecule has 0 saturated carbocycles. The molecule has 0 unspecified atom stereocenters. The van der Waals surface area contributed by atoms with E-state index in [1.165, 1.54) is 31.4 Å². The third-order valence-electron chi connectivity index (χ3n) is 3.43. The summed E-state index contributed by atoms with van der Waals surface area (Å²) in [4.78, 5) is 0. The summed E-state index contributed by atoms with van der Waals surface area (Å²) in [7, 11) is 0. The first-order valence-electron chi connectivity index (χ1n) is 6.66. The second-order valence-corrected chi connectivity index (χ2v) is 6.17. The minimum Gasteiger partial charge on any atom is -0.0622 e. The van der Waals surface area contributed by atoms with Gasteiger partial charge in [-0.3, -0.25) is 0 Å². The molecule has 0 amide bonds. The number of benzene rings is 3. The quantitative estimate of drug-likeness (QED) is 0.490.